The lowest BCUT2D eigenvalue weighted by molar-refractivity contribution is -0.137. The minimum Gasteiger partial charge on any atom is -0.481 e. The molecule has 6 heteroatoms. The van der Waals surface area contributed by atoms with Crippen LogP contribution in [0.25, 0.3) is 10.9 Å². The molecule has 2 N–H and O–H groups in total. The number of fused-ring (bicyclic) bond motifs is 1. The third-order valence-electron chi connectivity index (χ3n) is 2.85. The summed E-state index contributed by atoms with van der Waals surface area (Å²) in [5.74, 6) is -0.933. The summed E-state index contributed by atoms with van der Waals surface area (Å²) in [5, 5.41) is 12.2. The number of anilines is 1. The Balaban J connectivity index is 2.03. The van der Waals surface area contributed by atoms with E-state index in [1.165, 1.54) is 4.90 Å². The van der Waals surface area contributed by atoms with Crippen LogP contribution in [0.5, 0.6) is 0 Å². The molecule has 1 aromatic heterocycles. The highest BCUT2D eigenvalue weighted by molar-refractivity contribution is 5.92. The van der Waals surface area contributed by atoms with Gasteiger partial charge in [0.1, 0.15) is 0 Å². The van der Waals surface area contributed by atoms with Crippen molar-refractivity contribution in [3.63, 3.8) is 0 Å². The zero-order chi connectivity index (χ0) is 14.5. The lowest BCUT2D eigenvalue weighted by Gasteiger charge is -2.16. The third-order valence-corrected chi connectivity index (χ3v) is 2.85. The second-order valence-electron chi connectivity index (χ2n) is 4.41. The molecular formula is C14H15N3O3. The number of aliphatic carboxylic acids is 1. The van der Waals surface area contributed by atoms with Crippen molar-refractivity contribution >= 4 is 28.6 Å². The van der Waals surface area contributed by atoms with E-state index in [9.17, 15) is 9.59 Å². The molecule has 0 aliphatic carbocycles. The summed E-state index contributed by atoms with van der Waals surface area (Å²) in [7, 11) is 1.55. The van der Waals surface area contributed by atoms with Gasteiger partial charge in [0.15, 0.2) is 0 Å². The second-order valence-corrected chi connectivity index (χ2v) is 4.41. The van der Waals surface area contributed by atoms with Gasteiger partial charge in [-0.1, -0.05) is 18.2 Å². The molecule has 0 radical (unpaired) electrons. The first kappa shape index (κ1) is 13.8. The number of benzene rings is 1. The first-order chi connectivity index (χ1) is 9.56. The van der Waals surface area contributed by atoms with Gasteiger partial charge < -0.3 is 15.3 Å². The quantitative estimate of drug-likeness (QED) is 0.894. The Hall–Kier alpha value is -2.63. The number of urea groups is 1. The van der Waals surface area contributed by atoms with Crippen LogP contribution in [0.1, 0.15) is 6.42 Å². The molecule has 0 spiro atoms. The van der Waals surface area contributed by atoms with Crippen molar-refractivity contribution in [3.8, 4) is 0 Å². The van der Waals surface area contributed by atoms with Crippen LogP contribution in [0, 0.1) is 0 Å². The van der Waals surface area contributed by atoms with Crippen molar-refractivity contribution in [3.05, 3.63) is 36.5 Å². The predicted octanol–water partition coefficient (Wildman–Crippen LogP) is 2.17. The van der Waals surface area contributed by atoms with E-state index < -0.39 is 5.97 Å². The van der Waals surface area contributed by atoms with Gasteiger partial charge in [-0.3, -0.25) is 9.78 Å². The van der Waals surface area contributed by atoms with Gasteiger partial charge in [-0.05, 0) is 12.1 Å². The number of hydrogen-bond acceptors (Lipinski definition) is 3. The first-order valence-electron chi connectivity index (χ1n) is 6.15. The highest BCUT2D eigenvalue weighted by Gasteiger charge is 2.10. The molecule has 0 aliphatic rings. The van der Waals surface area contributed by atoms with E-state index in [4.69, 9.17) is 5.11 Å². The van der Waals surface area contributed by atoms with E-state index in [0.29, 0.717) is 5.69 Å². The van der Waals surface area contributed by atoms with Gasteiger partial charge in [-0.2, -0.15) is 0 Å². The Bertz CT molecular complexity index is 642. The van der Waals surface area contributed by atoms with E-state index in [0.717, 1.165) is 10.9 Å². The molecule has 2 rings (SSSR count). The summed E-state index contributed by atoms with van der Waals surface area (Å²) in [6.07, 6.45) is 1.49. The van der Waals surface area contributed by atoms with Crippen LogP contribution in [0.2, 0.25) is 0 Å². The van der Waals surface area contributed by atoms with Crippen LogP contribution in [0.15, 0.2) is 36.5 Å². The number of hydrogen-bond donors (Lipinski definition) is 2. The number of para-hydroxylation sites is 1. The molecule has 1 aromatic carbocycles. The molecule has 1 heterocycles. The van der Waals surface area contributed by atoms with Crippen molar-refractivity contribution in [1.82, 2.24) is 9.88 Å². The summed E-state index contributed by atoms with van der Waals surface area (Å²) in [6, 6.07) is 9.06. The van der Waals surface area contributed by atoms with Gasteiger partial charge in [-0.15, -0.1) is 0 Å². The van der Waals surface area contributed by atoms with E-state index in [1.807, 2.05) is 30.3 Å². The van der Waals surface area contributed by atoms with E-state index in [2.05, 4.69) is 10.3 Å². The van der Waals surface area contributed by atoms with Crippen LogP contribution in [0.3, 0.4) is 0 Å². The Morgan fingerprint density at radius 1 is 1.35 bits per heavy atom. The van der Waals surface area contributed by atoms with Crippen LogP contribution < -0.4 is 5.32 Å². The van der Waals surface area contributed by atoms with Crippen molar-refractivity contribution in [2.45, 2.75) is 6.42 Å². The number of aromatic nitrogens is 1. The Kier molecular flexibility index (Phi) is 4.14. The summed E-state index contributed by atoms with van der Waals surface area (Å²) >= 11 is 0. The lowest BCUT2D eigenvalue weighted by Crippen LogP contribution is -2.33. The topological polar surface area (TPSA) is 82.5 Å². The minimum atomic E-state index is -0.933. The third kappa shape index (κ3) is 3.44. The van der Waals surface area contributed by atoms with Crippen LogP contribution in [-0.4, -0.2) is 40.6 Å². The fourth-order valence-corrected chi connectivity index (χ4v) is 1.72. The number of carbonyl (C=O) groups excluding carboxylic acids is 1. The molecule has 0 bridgehead atoms. The maximum atomic E-state index is 11.9. The first-order valence-corrected chi connectivity index (χ1v) is 6.15. The molecule has 0 atom stereocenters. The number of carbonyl (C=O) groups is 2. The summed E-state index contributed by atoms with van der Waals surface area (Å²) in [5.41, 5.74) is 1.43. The molecule has 0 saturated carbocycles. The van der Waals surface area contributed by atoms with Crippen LogP contribution in [-0.2, 0) is 4.79 Å². The predicted molar refractivity (Wildman–Crippen MR) is 75.6 cm³/mol. The van der Waals surface area contributed by atoms with Gasteiger partial charge in [0.25, 0.3) is 0 Å². The molecule has 20 heavy (non-hydrogen) atoms. The monoisotopic (exact) mass is 273 g/mol. The second kappa shape index (κ2) is 6.01. The lowest BCUT2D eigenvalue weighted by atomic mass is 10.2. The molecule has 0 aliphatic heterocycles. The molecule has 0 fully saturated rings. The largest absolute Gasteiger partial charge is 0.481 e. The maximum Gasteiger partial charge on any atom is 0.321 e. The van der Waals surface area contributed by atoms with Crippen molar-refractivity contribution < 1.29 is 14.7 Å². The van der Waals surface area contributed by atoms with Gasteiger partial charge in [0.2, 0.25) is 0 Å². The molecule has 6 nitrogen and oxygen atoms in total. The Morgan fingerprint density at radius 2 is 2.10 bits per heavy atom. The SMILES string of the molecule is CN(CCC(=O)O)C(=O)Nc1cnc2ccccc2c1. The fraction of sp³-hybridized carbons (Fsp3) is 0.214. The standard InChI is InChI=1S/C14H15N3O3/c1-17(7-6-13(18)19)14(20)16-11-8-10-4-2-3-5-12(10)15-9-11/h2-5,8-9H,6-7H2,1H3,(H,16,20)(H,18,19). The normalized spacial score (nSPS) is 10.2. The average molecular weight is 273 g/mol. The van der Waals surface area contributed by atoms with E-state index >= 15 is 0 Å². The Morgan fingerprint density at radius 3 is 2.85 bits per heavy atom. The van der Waals surface area contributed by atoms with Gasteiger partial charge in [0, 0.05) is 19.0 Å². The van der Waals surface area contributed by atoms with E-state index in [1.54, 1.807) is 13.2 Å². The summed E-state index contributed by atoms with van der Waals surface area (Å²) in [6.45, 7) is 0.155. The number of nitrogens with one attached hydrogen (secondary N) is 1. The fourth-order valence-electron chi connectivity index (χ4n) is 1.72. The number of amides is 2. The van der Waals surface area contributed by atoms with Crippen molar-refractivity contribution in [2.24, 2.45) is 0 Å². The zero-order valence-corrected chi connectivity index (χ0v) is 11.0. The number of rotatable bonds is 4. The molecule has 2 amide bonds. The van der Waals surface area contributed by atoms with Crippen LogP contribution >= 0.6 is 0 Å². The molecule has 0 unspecified atom stereocenters. The highest BCUT2D eigenvalue weighted by Crippen LogP contribution is 2.16. The number of carboxylic acids is 1. The highest BCUT2D eigenvalue weighted by atomic mass is 16.4. The molecular weight excluding hydrogens is 258 g/mol. The Labute approximate surface area is 116 Å². The number of nitrogens with zero attached hydrogens (tertiary/aromatic N) is 2. The minimum absolute atomic E-state index is 0.0834. The molecule has 104 valence electrons. The smallest absolute Gasteiger partial charge is 0.321 e. The van der Waals surface area contributed by atoms with Crippen LogP contribution in [0.4, 0.5) is 10.5 Å². The summed E-state index contributed by atoms with van der Waals surface area (Å²) < 4.78 is 0. The van der Waals surface area contributed by atoms with Crippen molar-refractivity contribution in [2.75, 3.05) is 18.9 Å². The zero-order valence-electron chi connectivity index (χ0n) is 11.0. The maximum absolute atomic E-state index is 11.9. The molecule has 0 saturated heterocycles. The van der Waals surface area contributed by atoms with Gasteiger partial charge >= 0.3 is 12.0 Å². The summed E-state index contributed by atoms with van der Waals surface area (Å²) in [4.78, 5) is 27.9. The van der Waals surface area contributed by atoms with E-state index in [-0.39, 0.29) is 19.0 Å². The average Bonchev–Trinajstić information content (AvgIpc) is 2.44. The molecule has 2 aromatic rings. The van der Waals surface area contributed by atoms with Gasteiger partial charge in [0.05, 0.1) is 23.8 Å². The number of pyridine rings is 1. The van der Waals surface area contributed by atoms with Gasteiger partial charge in [-0.25, -0.2) is 4.79 Å². The number of carboxylic acid groups (broad SMARTS) is 1. The van der Waals surface area contributed by atoms with Crippen molar-refractivity contribution in [1.29, 1.82) is 0 Å².